The molecular weight excluding hydrogens is 532 g/mol. The molecule has 0 spiro atoms. The second-order valence-electron chi connectivity index (χ2n) is 8.96. The van der Waals surface area contributed by atoms with E-state index in [-0.39, 0.29) is 11.5 Å². The molecule has 8 nitrogen and oxygen atoms in total. The van der Waals surface area contributed by atoms with Crippen molar-refractivity contribution >= 4 is 35.4 Å². The molecule has 0 fully saturated rings. The van der Waals surface area contributed by atoms with Crippen molar-refractivity contribution in [3.8, 4) is 17.2 Å². The predicted octanol–water partition coefficient (Wildman–Crippen LogP) is 6.02. The lowest BCUT2D eigenvalue weighted by Crippen LogP contribution is -2.30. The standard InChI is InChI=1S/C34H30N2O6/c1-40-28-19-15-26(32(22-28)42-3)21-29(36-33(38)25-10-5-4-6-11-25)34(39)35-27-17-13-23(14-18-27)30(37)20-16-24-9-7-8-12-31(24)41-2/h4-22H,1-3H3,(H,35,39)(H,36,38)/b20-16+,29-21-. The molecule has 0 unspecified atom stereocenters. The van der Waals surface area contributed by atoms with Crippen molar-refractivity contribution in [3.63, 3.8) is 0 Å². The van der Waals surface area contributed by atoms with E-state index in [0.717, 1.165) is 5.56 Å². The molecule has 0 radical (unpaired) electrons. The normalized spacial score (nSPS) is 11.1. The molecule has 2 N–H and O–H groups in total. The summed E-state index contributed by atoms with van der Waals surface area (Å²) in [5, 5.41) is 5.49. The molecule has 4 rings (SSSR count). The third kappa shape index (κ3) is 7.51. The first-order chi connectivity index (χ1) is 20.4. The van der Waals surface area contributed by atoms with Gasteiger partial charge < -0.3 is 24.8 Å². The zero-order valence-corrected chi connectivity index (χ0v) is 23.4. The van der Waals surface area contributed by atoms with Crippen molar-refractivity contribution in [2.24, 2.45) is 0 Å². The van der Waals surface area contributed by atoms with E-state index >= 15 is 0 Å². The molecular formula is C34H30N2O6. The van der Waals surface area contributed by atoms with Gasteiger partial charge in [0.1, 0.15) is 22.9 Å². The van der Waals surface area contributed by atoms with Gasteiger partial charge in [0, 0.05) is 34.0 Å². The first-order valence-electron chi connectivity index (χ1n) is 13.0. The minimum Gasteiger partial charge on any atom is -0.497 e. The number of carbonyl (C=O) groups is 3. The third-order valence-electron chi connectivity index (χ3n) is 6.25. The highest BCUT2D eigenvalue weighted by Gasteiger charge is 2.17. The summed E-state index contributed by atoms with van der Waals surface area (Å²) < 4.78 is 16.0. The highest BCUT2D eigenvalue weighted by Crippen LogP contribution is 2.27. The second kappa shape index (κ2) is 14.1. The van der Waals surface area contributed by atoms with Gasteiger partial charge in [-0.1, -0.05) is 36.4 Å². The molecule has 0 heterocycles. The van der Waals surface area contributed by atoms with Gasteiger partial charge in [0.05, 0.1) is 21.3 Å². The molecule has 4 aromatic rings. The van der Waals surface area contributed by atoms with Gasteiger partial charge in [-0.15, -0.1) is 0 Å². The molecule has 212 valence electrons. The quantitative estimate of drug-likeness (QED) is 0.171. The zero-order chi connectivity index (χ0) is 29.9. The Morgan fingerprint density at radius 1 is 0.667 bits per heavy atom. The Hall–Kier alpha value is -5.63. The van der Waals surface area contributed by atoms with Crippen LogP contribution in [0.5, 0.6) is 17.2 Å². The van der Waals surface area contributed by atoms with Gasteiger partial charge in [0.2, 0.25) is 0 Å². The van der Waals surface area contributed by atoms with E-state index in [4.69, 9.17) is 14.2 Å². The van der Waals surface area contributed by atoms with E-state index in [9.17, 15) is 14.4 Å². The number of para-hydroxylation sites is 1. The molecule has 0 aliphatic carbocycles. The Labute approximate surface area is 244 Å². The Kier molecular flexibility index (Phi) is 9.88. The minimum atomic E-state index is -0.563. The topological polar surface area (TPSA) is 103 Å². The Bertz CT molecular complexity index is 1630. The van der Waals surface area contributed by atoms with E-state index in [0.29, 0.717) is 39.6 Å². The zero-order valence-electron chi connectivity index (χ0n) is 23.4. The first kappa shape index (κ1) is 29.4. The van der Waals surface area contributed by atoms with Crippen molar-refractivity contribution in [3.05, 3.63) is 131 Å². The van der Waals surface area contributed by atoms with Crippen LogP contribution in [0.4, 0.5) is 5.69 Å². The van der Waals surface area contributed by atoms with Gasteiger partial charge in [-0.3, -0.25) is 14.4 Å². The number of allylic oxidation sites excluding steroid dienone is 1. The first-order valence-corrected chi connectivity index (χ1v) is 13.0. The SMILES string of the molecule is COc1ccc(/C=C(\NC(=O)c2ccccc2)C(=O)Nc2ccc(C(=O)/C=C/c3ccccc3OC)cc2)c(OC)c1. The number of amides is 2. The van der Waals surface area contributed by atoms with E-state index in [1.54, 1.807) is 93.1 Å². The number of carbonyl (C=O) groups excluding carboxylic acids is 3. The molecule has 4 aromatic carbocycles. The van der Waals surface area contributed by atoms with Crippen molar-refractivity contribution in [1.29, 1.82) is 0 Å². The van der Waals surface area contributed by atoms with Gasteiger partial charge >= 0.3 is 0 Å². The number of nitrogens with one attached hydrogen (secondary N) is 2. The average molecular weight is 563 g/mol. The summed E-state index contributed by atoms with van der Waals surface area (Å²) in [5.74, 6) is 0.476. The molecule has 0 aromatic heterocycles. The lowest BCUT2D eigenvalue weighted by atomic mass is 10.1. The summed E-state index contributed by atoms with van der Waals surface area (Å²) in [7, 11) is 4.62. The van der Waals surface area contributed by atoms with E-state index < -0.39 is 11.8 Å². The van der Waals surface area contributed by atoms with Crippen LogP contribution in [0.15, 0.2) is 109 Å². The van der Waals surface area contributed by atoms with Crippen LogP contribution < -0.4 is 24.8 Å². The fraction of sp³-hybridized carbons (Fsp3) is 0.0882. The molecule has 0 aliphatic rings. The number of ether oxygens (including phenoxy) is 3. The van der Waals surface area contributed by atoms with Crippen molar-refractivity contribution < 1.29 is 28.6 Å². The van der Waals surface area contributed by atoms with Gasteiger partial charge in [-0.05, 0) is 72.8 Å². The van der Waals surface area contributed by atoms with Crippen molar-refractivity contribution in [1.82, 2.24) is 5.32 Å². The van der Waals surface area contributed by atoms with Crippen LogP contribution in [-0.2, 0) is 4.79 Å². The second-order valence-corrected chi connectivity index (χ2v) is 8.96. The molecule has 0 bridgehead atoms. The smallest absolute Gasteiger partial charge is 0.272 e. The number of rotatable bonds is 11. The third-order valence-corrected chi connectivity index (χ3v) is 6.25. The highest BCUT2D eigenvalue weighted by atomic mass is 16.5. The summed E-state index contributed by atoms with van der Waals surface area (Å²) in [5.41, 5.74) is 2.60. The summed E-state index contributed by atoms with van der Waals surface area (Å²) in [6.07, 6.45) is 4.68. The molecule has 0 saturated carbocycles. The van der Waals surface area contributed by atoms with Gasteiger partial charge in [-0.2, -0.15) is 0 Å². The maximum atomic E-state index is 13.4. The summed E-state index contributed by atoms with van der Waals surface area (Å²) >= 11 is 0. The fourth-order valence-electron chi connectivity index (χ4n) is 4.02. The van der Waals surface area contributed by atoms with E-state index in [1.807, 2.05) is 24.3 Å². The maximum absolute atomic E-state index is 13.4. The Morgan fingerprint density at radius 2 is 1.36 bits per heavy atom. The van der Waals surface area contributed by atoms with E-state index in [1.165, 1.54) is 19.3 Å². The van der Waals surface area contributed by atoms with Crippen LogP contribution in [0.3, 0.4) is 0 Å². The number of hydrogen-bond acceptors (Lipinski definition) is 6. The van der Waals surface area contributed by atoms with Crippen LogP contribution in [0.1, 0.15) is 31.8 Å². The molecule has 42 heavy (non-hydrogen) atoms. The predicted molar refractivity (Wildman–Crippen MR) is 163 cm³/mol. The van der Waals surface area contributed by atoms with Gasteiger partial charge in [0.15, 0.2) is 5.78 Å². The van der Waals surface area contributed by atoms with Gasteiger partial charge in [0.25, 0.3) is 11.8 Å². The highest BCUT2D eigenvalue weighted by molar-refractivity contribution is 6.11. The number of methoxy groups -OCH3 is 3. The van der Waals surface area contributed by atoms with Crippen LogP contribution >= 0.6 is 0 Å². The number of anilines is 1. The van der Waals surface area contributed by atoms with Crippen LogP contribution in [0, 0.1) is 0 Å². The number of ketones is 1. The summed E-state index contributed by atoms with van der Waals surface area (Å²) in [4.78, 5) is 39.1. The number of hydrogen-bond donors (Lipinski definition) is 2. The molecule has 0 aliphatic heterocycles. The van der Waals surface area contributed by atoms with Crippen LogP contribution in [0.25, 0.3) is 12.2 Å². The lowest BCUT2D eigenvalue weighted by molar-refractivity contribution is -0.113. The van der Waals surface area contributed by atoms with E-state index in [2.05, 4.69) is 10.6 Å². The van der Waals surface area contributed by atoms with Crippen molar-refractivity contribution in [2.45, 2.75) is 0 Å². The maximum Gasteiger partial charge on any atom is 0.272 e. The molecule has 2 amide bonds. The molecule has 0 atom stereocenters. The number of benzene rings is 4. The summed E-state index contributed by atoms with van der Waals surface area (Å²) in [6.45, 7) is 0. The largest absolute Gasteiger partial charge is 0.497 e. The fourth-order valence-corrected chi connectivity index (χ4v) is 4.02. The van der Waals surface area contributed by atoms with Crippen molar-refractivity contribution in [2.75, 3.05) is 26.6 Å². The lowest BCUT2D eigenvalue weighted by Gasteiger charge is -2.13. The minimum absolute atomic E-state index is 0.00721. The Morgan fingerprint density at radius 3 is 2.05 bits per heavy atom. The van der Waals surface area contributed by atoms with Crippen LogP contribution in [0.2, 0.25) is 0 Å². The molecule has 0 saturated heterocycles. The average Bonchev–Trinajstić information content (AvgIpc) is 3.04. The summed E-state index contributed by atoms with van der Waals surface area (Å²) in [6, 6.07) is 27.5. The Balaban J connectivity index is 1.54. The molecule has 8 heteroatoms. The monoisotopic (exact) mass is 562 g/mol. The van der Waals surface area contributed by atoms with Crippen LogP contribution in [-0.4, -0.2) is 38.9 Å². The van der Waals surface area contributed by atoms with Gasteiger partial charge in [-0.25, -0.2) is 0 Å².